The van der Waals surface area contributed by atoms with Crippen molar-refractivity contribution in [3.8, 4) is 0 Å². The zero-order valence-corrected chi connectivity index (χ0v) is 14.5. The first-order chi connectivity index (χ1) is 9.49. The van der Waals surface area contributed by atoms with Gasteiger partial charge in [-0.2, -0.15) is 0 Å². The molecule has 1 unspecified atom stereocenters. The first-order valence-corrected chi connectivity index (χ1v) is 7.75. The summed E-state index contributed by atoms with van der Waals surface area (Å²) in [7, 11) is 0. The number of carbonyl (C=O) groups excluding carboxylic acids is 1. The van der Waals surface area contributed by atoms with Gasteiger partial charge in [0.05, 0.1) is 0 Å². The van der Waals surface area contributed by atoms with Crippen molar-refractivity contribution in [2.75, 3.05) is 19.6 Å². The van der Waals surface area contributed by atoms with Crippen molar-refractivity contribution >= 4 is 30.3 Å². The average molecular weight is 333 g/mol. The lowest BCUT2D eigenvalue weighted by Crippen LogP contribution is -2.36. The summed E-state index contributed by atoms with van der Waals surface area (Å²) in [4.78, 5) is 13.9. The molecule has 2 N–H and O–H groups in total. The van der Waals surface area contributed by atoms with Gasteiger partial charge in [0.25, 0.3) is 0 Å². The van der Waals surface area contributed by atoms with Crippen molar-refractivity contribution in [2.24, 2.45) is 5.73 Å². The van der Waals surface area contributed by atoms with Gasteiger partial charge in [-0.25, -0.2) is 4.79 Å². The Kier molecular flexibility index (Phi) is 9.49. The van der Waals surface area contributed by atoms with E-state index in [9.17, 15) is 4.79 Å². The number of ether oxygens (including phenoxy) is 1. The molecule has 1 aromatic rings. The second-order valence-electron chi connectivity index (χ2n) is 4.75. The van der Waals surface area contributed by atoms with E-state index in [4.69, 9.17) is 10.5 Å². The van der Waals surface area contributed by atoms with Crippen LogP contribution in [-0.2, 0) is 4.74 Å². The summed E-state index contributed by atoms with van der Waals surface area (Å²) in [5, 5.41) is 0. The highest BCUT2D eigenvalue weighted by atomic mass is 35.5. The number of nitrogens with two attached hydrogens (primary N) is 1. The molecule has 0 aliphatic carbocycles. The maximum atomic E-state index is 11.2. The van der Waals surface area contributed by atoms with E-state index in [0.717, 1.165) is 31.0 Å². The van der Waals surface area contributed by atoms with Crippen molar-refractivity contribution in [1.29, 1.82) is 0 Å². The van der Waals surface area contributed by atoms with Gasteiger partial charge in [0.15, 0.2) is 4.93 Å². The van der Waals surface area contributed by atoms with Crippen molar-refractivity contribution in [1.82, 2.24) is 4.90 Å². The van der Waals surface area contributed by atoms with Crippen LogP contribution in [0.2, 0.25) is 0 Å². The Hall–Kier alpha value is -0.910. The third-order valence-electron chi connectivity index (χ3n) is 3.17. The predicted octanol–water partition coefficient (Wildman–Crippen LogP) is 3.74. The summed E-state index contributed by atoms with van der Waals surface area (Å²) in [6.45, 7) is 9.01. The van der Waals surface area contributed by atoms with E-state index in [1.165, 1.54) is 11.8 Å². The Morgan fingerprint density at radius 2 is 1.86 bits per heavy atom. The lowest BCUT2D eigenvalue weighted by Gasteiger charge is -2.30. The van der Waals surface area contributed by atoms with Gasteiger partial charge in [-0.15, -0.1) is 12.4 Å². The van der Waals surface area contributed by atoms with Crippen LogP contribution < -0.4 is 5.73 Å². The first kappa shape index (κ1) is 20.1. The van der Waals surface area contributed by atoms with Crippen LogP contribution in [0.5, 0.6) is 0 Å². The second kappa shape index (κ2) is 9.92. The summed E-state index contributed by atoms with van der Waals surface area (Å²) >= 11 is 1.53. The van der Waals surface area contributed by atoms with E-state index in [-0.39, 0.29) is 12.4 Å². The molecule has 0 fully saturated rings. The zero-order chi connectivity index (χ0) is 15.0. The molecule has 0 spiro atoms. The fourth-order valence-corrected chi connectivity index (χ4v) is 3.08. The number of hydrogen-bond acceptors (Lipinski definition) is 4. The Morgan fingerprint density at radius 1 is 1.29 bits per heavy atom. The minimum absolute atomic E-state index is 0. The van der Waals surface area contributed by atoms with Gasteiger partial charge < -0.3 is 15.4 Å². The normalized spacial score (nSPS) is 13.3. The lowest BCUT2D eigenvalue weighted by atomic mass is 10.2. The summed E-state index contributed by atoms with van der Waals surface area (Å²) < 4.78 is 5.36. The van der Waals surface area contributed by atoms with Gasteiger partial charge in [0.1, 0.15) is 0 Å². The van der Waals surface area contributed by atoms with Crippen LogP contribution in [-0.4, -0.2) is 35.6 Å². The fraction of sp³-hybridized carbons (Fsp3) is 0.533. The van der Waals surface area contributed by atoms with E-state index in [2.05, 4.69) is 18.7 Å². The molecule has 120 valence electrons. The Bertz CT molecular complexity index is 415. The van der Waals surface area contributed by atoms with Crippen LogP contribution >= 0.6 is 24.2 Å². The molecule has 0 aliphatic heterocycles. The van der Waals surface area contributed by atoms with Crippen LogP contribution in [0.25, 0.3) is 0 Å². The largest absolute Gasteiger partial charge is 0.432 e. The highest BCUT2D eigenvalue weighted by Crippen LogP contribution is 2.36. The Morgan fingerprint density at radius 3 is 2.33 bits per heavy atom. The molecule has 1 atom stereocenters. The molecule has 0 aromatic heterocycles. The highest BCUT2D eigenvalue weighted by Gasteiger charge is 2.29. The van der Waals surface area contributed by atoms with Gasteiger partial charge in [0.2, 0.25) is 0 Å². The first-order valence-electron chi connectivity index (χ1n) is 6.94. The number of halogens is 1. The molecule has 0 radical (unpaired) electrons. The quantitative estimate of drug-likeness (QED) is 0.582. The third kappa shape index (κ3) is 7.60. The smallest absolute Gasteiger partial charge is 0.405 e. The standard InChI is InChI=1S/C15H24N2O2S.ClH/c1-4-17(5-2)12-11-15(3,19-14(16)18)20-13-9-7-6-8-10-13;/h6-10H,4-5,11-12H2,1-3H3,(H2,16,18);1H. The maximum absolute atomic E-state index is 11.2. The maximum Gasteiger partial charge on any atom is 0.405 e. The highest BCUT2D eigenvalue weighted by molar-refractivity contribution is 8.00. The van der Waals surface area contributed by atoms with Crippen molar-refractivity contribution in [3.63, 3.8) is 0 Å². The number of nitrogens with zero attached hydrogens (tertiary/aromatic N) is 1. The molecule has 4 nitrogen and oxygen atoms in total. The van der Waals surface area contributed by atoms with E-state index >= 15 is 0 Å². The molecule has 0 saturated heterocycles. The molecule has 21 heavy (non-hydrogen) atoms. The number of carbonyl (C=O) groups is 1. The number of primary amides is 1. The van der Waals surface area contributed by atoms with E-state index < -0.39 is 11.0 Å². The number of thioether (sulfide) groups is 1. The van der Waals surface area contributed by atoms with Gasteiger partial charge >= 0.3 is 6.09 Å². The van der Waals surface area contributed by atoms with Crippen LogP contribution in [0.1, 0.15) is 27.2 Å². The lowest BCUT2D eigenvalue weighted by molar-refractivity contribution is 0.0819. The van der Waals surface area contributed by atoms with E-state index in [1.54, 1.807) is 0 Å². The van der Waals surface area contributed by atoms with Crippen molar-refractivity contribution < 1.29 is 9.53 Å². The van der Waals surface area contributed by atoms with Gasteiger partial charge in [-0.05, 0) is 32.1 Å². The summed E-state index contributed by atoms with van der Waals surface area (Å²) in [6.07, 6.45) is 0.00691. The van der Waals surface area contributed by atoms with Crippen LogP contribution in [0.3, 0.4) is 0 Å². The molecule has 1 amide bonds. The van der Waals surface area contributed by atoms with Gasteiger partial charge in [0, 0.05) is 17.9 Å². The SMILES string of the molecule is CCN(CC)CCC(C)(OC(N)=O)Sc1ccccc1.Cl. The number of hydrogen-bond donors (Lipinski definition) is 1. The summed E-state index contributed by atoms with van der Waals surface area (Å²) in [5.41, 5.74) is 5.22. The third-order valence-corrected chi connectivity index (χ3v) is 4.40. The van der Waals surface area contributed by atoms with Gasteiger partial charge in [-0.1, -0.05) is 43.8 Å². The fourth-order valence-electron chi connectivity index (χ4n) is 1.97. The number of benzene rings is 1. The summed E-state index contributed by atoms with van der Waals surface area (Å²) in [6, 6.07) is 9.91. The Balaban J connectivity index is 0.00000400. The van der Waals surface area contributed by atoms with Crippen LogP contribution in [0, 0.1) is 0 Å². The molecule has 1 rings (SSSR count). The van der Waals surface area contributed by atoms with Gasteiger partial charge in [-0.3, -0.25) is 0 Å². The van der Waals surface area contributed by atoms with Crippen LogP contribution in [0.15, 0.2) is 35.2 Å². The molecule has 6 heteroatoms. The van der Waals surface area contributed by atoms with E-state index in [1.807, 2.05) is 37.3 Å². The summed E-state index contributed by atoms with van der Waals surface area (Å²) in [5.74, 6) is 0. The molecular weight excluding hydrogens is 308 g/mol. The van der Waals surface area contributed by atoms with Crippen molar-refractivity contribution in [3.05, 3.63) is 30.3 Å². The number of rotatable bonds is 8. The monoisotopic (exact) mass is 332 g/mol. The van der Waals surface area contributed by atoms with Crippen LogP contribution in [0.4, 0.5) is 4.79 Å². The predicted molar refractivity (Wildman–Crippen MR) is 91.0 cm³/mol. The average Bonchev–Trinajstić information content (AvgIpc) is 2.40. The molecule has 0 bridgehead atoms. The molecule has 0 saturated carbocycles. The Labute approximate surface area is 137 Å². The topological polar surface area (TPSA) is 55.6 Å². The second-order valence-corrected chi connectivity index (χ2v) is 6.29. The molecule has 0 aliphatic rings. The molecular formula is C15H25ClN2O2S. The zero-order valence-electron chi connectivity index (χ0n) is 12.9. The number of amides is 1. The minimum atomic E-state index is -0.726. The molecule has 1 aromatic carbocycles. The minimum Gasteiger partial charge on any atom is -0.432 e. The molecule has 0 heterocycles. The van der Waals surface area contributed by atoms with Crippen molar-refractivity contribution in [2.45, 2.75) is 37.0 Å². The van der Waals surface area contributed by atoms with E-state index in [0.29, 0.717) is 0 Å².